The van der Waals surface area contributed by atoms with E-state index in [0.29, 0.717) is 18.5 Å². The van der Waals surface area contributed by atoms with E-state index in [9.17, 15) is 9.90 Å². The van der Waals surface area contributed by atoms with E-state index in [2.05, 4.69) is 0 Å². The van der Waals surface area contributed by atoms with E-state index in [-0.39, 0.29) is 24.6 Å². The zero-order valence-electron chi connectivity index (χ0n) is 10.9. The lowest BCUT2D eigenvalue weighted by molar-refractivity contribution is -0.254. The number of carbonyl (C=O) groups is 1. The van der Waals surface area contributed by atoms with Gasteiger partial charge in [-0.1, -0.05) is 0 Å². The van der Waals surface area contributed by atoms with Crippen LogP contribution in [0.3, 0.4) is 0 Å². The molecule has 0 saturated carbocycles. The van der Waals surface area contributed by atoms with E-state index in [0.717, 1.165) is 0 Å². The SMILES string of the molecule is CO[C@@H]1C[C@@H](OCc2ccc(C=O)o2)O[C@@H](C)[C@@H]1O. The summed E-state index contributed by atoms with van der Waals surface area (Å²) in [4.78, 5) is 10.5. The fraction of sp³-hybridized carbons (Fsp3) is 0.615. The lowest BCUT2D eigenvalue weighted by Gasteiger charge is -2.36. The molecule has 0 amide bonds. The van der Waals surface area contributed by atoms with Gasteiger partial charge in [0.2, 0.25) is 0 Å². The third kappa shape index (κ3) is 3.42. The largest absolute Gasteiger partial charge is 0.456 e. The van der Waals surface area contributed by atoms with Crippen molar-refractivity contribution in [1.82, 2.24) is 0 Å². The number of aliphatic hydroxyl groups excluding tert-OH is 1. The molecular weight excluding hydrogens is 252 g/mol. The highest BCUT2D eigenvalue weighted by Crippen LogP contribution is 2.23. The van der Waals surface area contributed by atoms with Gasteiger partial charge in [-0.25, -0.2) is 0 Å². The van der Waals surface area contributed by atoms with Crippen LogP contribution in [-0.4, -0.2) is 43.1 Å². The van der Waals surface area contributed by atoms with Crippen LogP contribution < -0.4 is 0 Å². The molecule has 0 radical (unpaired) electrons. The first-order valence-corrected chi connectivity index (χ1v) is 6.16. The molecule has 0 spiro atoms. The molecule has 1 aromatic rings. The second kappa shape index (κ2) is 6.29. The number of aliphatic hydroxyl groups is 1. The standard InChI is InChI=1S/C13H18O6/c1-8-13(15)11(16-2)5-12(18-8)17-7-10-4-3-9(6-14)19-10/h3-4,6,8,11-13,15H,5,7H2,1-2H3/t8-,11+,12-,13-/m0/s1. The van der Waals surface area contributed by atoms with Gasteiger partial charge < -0.3 is 23.7 Å². The molecule has 4 atom stereocenters. The smallest absolute Gasteiger partial charge is 0.185 e. The van der Waals surface area contributed by atoms with E-state index in [1.165, 1.54) is 0 Å². The molecule has 2 rings (SSSR count). The first-order chi connectivity index (χ1) is 9.13. The Labute approximate surface area is 111 Å². The number of aldehydes is 1. The van der Waals surface area contributed by atoms with Crippen molar-refractivity contribution in [1.29, 1.82) is 0 Å². The van der Waals surface area contributed by atoms with Crippen molar-refractivity contribution in [2.45, 2.75) is 44.6 Å². The number of carbonyl (C=O) groups excluding carboxylic acids is 1. The van der Waals surface area contributed by atoms with Crippen LogP contribution in [0.5, 0.6) is 0 Å². The van der Waals surface area contributed by atoms with Crippen molar-refractivity contribution in [2.24, 2.45) is 0 Å². The molecular formula is C13H18O6. The summed E-state index contributed by atoms with van der Waals surface area (Å²) in [6.07, 6.45) is -0.700. The van der Waals surface area contributed by atoms with Crippen LogP contribution in [0.2, 0.25) is 0 Å². The van der Waals surface area contributed by atoms with Crippen LogP contribution in [0.25, 0.3) is 0 Å². The second-order valence-corrected chi connectivity index (χ2v) is 4.50. The van der Waals surface area contributed by atoms with E-state index in [4.69, 9.17) is 18.6 Å². The molecule has 0 bridgehead atoms. The van der Waals surface area contributed by atoms with Gasteiger partial charge in [-0.3, -0.25) is 4.79 Å². The maximum Gasteiger partial charge on any atom is 0.185 e. The highest BCUT2D eigenvalue weighted by molar-refractivity contribution is 5.70. The molecule has 19 heavy (non-hydrogen) atoms. The Hall–Kier alpha value is -1.21. The fourth-order valence-corrected chi connectivity index (χ4v) is 2.06. The molecule has 1 saturated heterocycles. The fourth-order valence-electron chi connectivity index (χ4n) is 2.06. The van der Waals surface area contributed by atoms with Gasteiger partial charge >= 0.3 is 0 Å². The van der Waals surface area contributed by atoms with E-state index in [1.54, 1.807) is 26.2 Å². The number of hydrogen-bond donors (Lipinski definition) is 1. The molecule has 0 aromatic carbocycles. The highest BCUT2D eigenvalue weighted by Gasteiger charge is 2.35. The molecule has 1 fully saturated rings. The van der Waals surface area contributed by atoms with Crippen LogP contribution in [0.4, 0.5) is 0 Å². The Bertz CT molecular complexity index is 415. The van der Waals surface area contributed by atoms with Gasteiger partial charge in [0.1, 0.15) is 18.5 Å². The van der Waals surface area contributed by atoms with Crippen LogP contribution >= 0.6 is 0 Å². The van der Waals surface area contributed by atoms with Crippen molar-refractivity contribution in [3.05, 3.63) is 23.7 Å². The van der Waals surface area contributed by atoms with Gasteiger partial charge in [0.15, 0.2) is 18.3 Å². The molecule has 1 N–H and O–H groups in total. The average Bonchev–Trinajstić information content (AvgIpc) is 2.88. The second-order valence-electron chi connectivity index (χ2n) is 4.50. The molecule has 1 aliphatic heterocycles. The van der Waals surface area contributed by atoms with Crippen molar-refractivity contribution < 1.29 is 28.5 Å². The Kier molecular flexibility index (Phi) is 4.71. The van der Waals surface area contributed by atoms with Crippen LogP contribution in [-0.2, 0) is 20.8 Å². The van der Waals surface area contributed by atoms with Crippen molar-refractivity contribution in [2.75, 3.05) is 7.11 Å². The summed E-state index contributed by atoms with van der Waals surface area (Å²) in [5.74, 6) is 0.820. The molecule has 0 aliphatic carbocycles. The minimum absolute atomic E-state index is 0.206. The predicted octanol–water partition coefficient (Wildman–Crippen LogP) is 1.12. The summed E-state index contributed by atoms with van der Waals surface area (Å²) in [7, 11) is 1.55. The topological polar surface area (TPSA) is 78.1 Å². The molecule has 6 heteroatoms. The summed E-state index contributed by atoms with van der Waals surface area (Å²) in [5.41, 5.74) is 0. The maximum absolute atomic E-state index is 10.5. The molecule has 106 valence electrons. The third-order valence-corrected chi connectivity index (χ3v) is 3.17. The number of hydrogen-bond acceptors (Lipinski definition) is 6. The van der Waals surface area contributed by atoms with Crippen molar-refractivity contribution in [3.8, 4) is 0 Å². The first kappa shape index (κ1) is 14.2. The Morgan fingerprint density at radius 1 is 1.53 bits per heavy atom. The van der Waals surface area contributed by atoms with Gasteiger partial charge in [0.05, 0.1) is 12.2 Å². The molecule has 0 unspecified atom stereocenters. The van der Waals surface area contributed by atoms with Crippen molar-refractivity contribution >= 4 is 6.29 Å². The molecule has 1 aromatic heterocycles. The highest BCUT2D eigenvalue weighted by atomic mass is 16.7. The predicted molar refractivity (Wildman–Crippen MR) is 64.6 cm³/mol. The number of furan rings is 1. The third-order valence-electron chi connectivity index (χ3n) is 3.17. The minimum atomic E-state index is -0.657. The van der Waals surface area contributed by atoms with Crippen LogP contribution in [0.15, 0.2) is 16.5 Å². The summed E-state index contributed by atoms with van der Waals surface area (Å²) in [6.45, 7) is 1.97. The summed E-state index contributed by atoms with van der Waals surface area (Å²) in [6, 6.07) is 3.26. The van der Waals surface area contributed by atoms with Gasteiger partial charge in [-0.2, -0.15) is 0 Å². The van der Waals surface area contributed by atoms with Crippen LogP contribution in [0, 0.1) is 0 Å². The molecule has 2 heterocycles. The lowest BCUT2D eigenvalue weighted by atomic mass is 10.0. The Morgan fingerprint density at radius 2 is 2.32 bits per heavy atom. The zero-order valence-corrected chi connectivity index (χ0v) is 10.9. The summed E-state index contributed by atoms with van der Waals surface area (Å²) < 4.78 is 21.5. The average molecular weight is 270 g/mol. The normalized spacial score (nSPS) is 31.3. The molecule has 6 nitrogen and oxygen atoms in total. The van der Waals surface area contributed by atoms with Gasteiger partial charge in [-0.15, -0.1) is 0 Å². The van der Waals surface area contributed by atoms with Gasteiger partial charge in [-0.05, 0) is 19.1 Å². The number of rotatable bonds is 5. The summed E-state index contributed by atoms with van der Waals surface area (Å²) >= 11 is 0. The number of methoxy groups -OCH3 is 1. The van der Waals surface area contributed by atoms with E-state index in [1.807, 2.05) is 0 Å². The minimum Gasteiger partial charge on any atom is -0.456 e. The van der Waals surface area contributed by atoms with Crippen LogP contribution in [0.1, 0.15) is 29.7 Å². The van der Waals surface area contributed by atoms with E-state index < -0.39 is 12.4 Å². The first-order valence-electron chi connectivity index (χ1n) is 6.16. The monoisotopic (exact) mass is 270 g/mol. The Morgan fingerprint density at radius 3 is 2.95 bits per heavy atom. The Balaban J connectivity index is 1.87. The van der Waals surface area contributed by atoms with E-state index >= 15 is 0 Å². The van der Waals surface area contributed by atoms with Gasteiger partial charge in [0, 0.05) is 13.5 Å². The zero-order chi connectivity index (χ0) is 13.8. The molecule has 1 aliphatic rings. The lowest BCUT2D eigenvalue weighted by Crippen LogP contribution is -2.48. The number of ether oxygens (including phenoxy) is 3. The maximum atomic E-state index is 10.5. The van der Waals surface area contributed by atoms with Crippen molar-refractivity contribution in [3.63, 3.8) is 0 Å². The van der Waals surface area contributed by atoms with Gasteiger partial charge in [0.25, 0.3) is 0 Å². The summed E-state index contributed by atoms with van der Waals surface area (Å²) in [5, 5.41) is 9.81. The quantitative estimate of drug-likeness (QED) is 0.808.